The molecule has 34 heavy (non-hydrogen) atoms. The van der Waals surface area contributed by atoms with E-state index < -0.39 is 12.0 Å². The van der Waals surface area contributed by atoms with Crippen LogP contribution < -0.4 is 0 Å². The van der Waals surface area contributed by atoms with Crippen molar-refractivity contribution in [3.63, 3.8) is 0 Å². The van der Waals surface area contributed by atoms with Crippen LogP contribution in [-0.2, 0) is 20.9 Å². The number of piperidine rings is 1. The minimum atomic E-state index is -0.607. The number of hydrogen-bond acceptors (Lipinski definition) is 4. The van der Waals surface area contributed by atoms with Crippen LogP contribution in [-0.4, -0.2) is 54.5 Å². The summed E-state index contributed by atoms with van der Waals surface area (Å²) in [6, 6.07) is 29.4. The van der Waals surface area contributed by atoms with Gasteiger partial charge in [-0.3, -0.25) is 9.69 Å². The molecule has 0 saturated carbocycles. The summed E-state index contributed by atoms with van der Waals surface area (Å²) in [4.78, 5) is 30.9. The Morgan fingerprint density at radius 2 is 1.44 bits per heavy atom. The number of benzene rings is 3. The van der Waals surface area contributed by atoms with Gasteiger partial charge in [0.05, 0.1) is 13.0 Å². The summed E-state index contributed by atoms with van der Waals surface area (Å²) in [6.45, 7) is 1.31. The third-order valence-corrected chi connectivity index (χ3v) is 6.74. The molecule has 2 atom stereocenters. The van der Waals surface area contributed by atoms with Crippen molar-refractivity contribution >= 4 is 11.9 Å². The lowest BCUT2D eigenvalue weighted by molar-refractivity contribution is -0.156. The van der Waals surface area contributed by atoms with E-state index in [-0.39, 0.29) is 17.9 Å². The minimum absolute atomic E-state index is 0.0584. The molecular formula is C29H32N2O3. The summed E-state index contributed by atoms with van der Waals surface area (Å²) in [5.74, 6) is -0.879. The van der Waals surface area contributed by atoms with E-state index in [9.17, 15) is 9.59 Å². The van der Waals surface area contributed by atoms with Crippen LogP contribution in [0.15, 0.2) is 91.0 Å². The first-order valence-corrected chi connectivity index (χ1v) is 11.8. The zero-order valence-corrected chi connectivity index (χ0v) is 19.8. The molecule has 0 N–H and O–H groups in total. The average molecular weight is 457 g/mol. The molecule has 5 heteroatoms. The van der Waals surface area contributed by atoms with Gasteiger partial charge in [0, 0.05) is 19.1 Å². The highest BCUT2D eigenvalue weighted by atomic mass is 16.5. The topological polar surface area (TPSA) is 49.9 Å². The molecule has 5 nitrogen and oxygen atoms in total. The van der Waals surface area contributed by atoms with Crippen molar-refractivity contribution in [2.24, 2.45) is 0 Å². The van der Waals surface area contributed by atoms with Gasteiger partial charge in [-0.15, -0.1) is 0 Å². The zero-order valence-electron chi connectivity index (χ0n) is 19.8. The van der Waals surface area contributed by atoms with Crippen molar-refractivity contribution < 1.29 is 14.3 Å². The lowest BCUT2D eigenvalue weighted by Crippen LogP contribution is -2.55. The maximum atomic E-state index is 14.0. The lowest BCUT2D eigenvalue weighted by atomic mass is 9.87. The van der Waals surface area contributed by atoms with Gasteiger partial charge in [-0.2, -0.15) is 0 Å². The Bertz CT molecular complexity index is 1030. The Morgan fingerprint density at radius 1 is 0.912 bits per heavy atom. The van der Waals surface area contributed by atoms with Crippen LogP contribution in [0.3, 0.4) is 0 Å². The number of amides is 1. The summed E-state index contributed by atoms with van der Waals surface area (Å²) in [7, 11) is 3.48. The van der Waals surface area contributed by atoms with Gasteiger partial charge in [-0.05, 0) is 36.6 Å². The van der Waals surface area contributed by atoms with Crippen LogP contribution in [0.1, 0.15) is 35.4 Å². The van der Waals surface area contributed by atoms with E-state index in [1.165, 1.54) is 12.7 Å². The third-order valence-electron chi connectivity index (χ3n) is 6.74. The Morgan fingerprint density at radius 3 is 1.97 bits per heavy atom. The number of rotatable bonds is 7. The average Bonchev–Trinajstić information content (AvgIpc) is 2.89. The van der Waals surface area contributed by atoms with E-state index in [1.807, 2.05) is 78.9 Å². The molecule has 3 aromatic carbocycles. The molecule has 1 saturated heterocycles. The minimum Gasteiger partial charge on any atom is -0.467 e. The van der Waals surface area contributed by atoms with Crippen molar-refractivity contribution in [2.45, 2.75) is 37.4 Å². The quantitative estimate of drug-likeness (QED) is 0.492. The molecule has 1 amide bonds. The first kappa shape index (κ1) is 23.7. The first-order chi connectivity index (χ1) is 16.6. The molecule has 3 aromatic rings. The summed E-state index contributed by atoms with van der Waals surface area (Å²) in [5, 5.41) is 0. The number of likely N-dealkylation sites (tertiary alicyclic amines) is 1. The second kappa shape index (κ2) is 11.1. The van der Waals surface area contributed by atoms with Gasteiger partial charge in [-0.25, -0.2) is 4.79 Å². The van der Waals surface area contributed by atoms with Gasteiger partial charge in [0.1, 0.15) is 6.04 Å². The summed E-state index contributed by atoms with van der Waals surface area (Å²) in [5.41, 5.74) is 3.07. The Kier molecular flexibility index (Phi) is 7.76. The van der Waals surface area contributed by atoms with E-state index >= 15 is 0 Å². The fraction of sp³-hybridized carbons (Fsp3) is 0.310. The fourth-order valence-corrected chi connectivity index (χ4v) is 4.91. The number of ether oxygens (including phenoxy) is 1. The molecule has 0 spiro atoms. The first-order valence-electron chi connectivity index (χ1n) is 11.8. The Balaban J connectivity index is 1.58. The molecule has 0 bridgehead atoms. The Labute approximate surface area is 202 Å². The molecule has 0 unspecified atom stereocenters. The van der Waals surface area contributed by atoms with Crippen LogP contribution in [0.4, 0.5) is 0 Å². The molecule has 176 valence electrons. The number of carbonyl (C=O) groups excluding carboxylic acids is 2. The molecule has 1 fully saturated rings. The highest BCUT2D eigenvalue weighted by Crippen LogP contribution is 2.31. The van der Waals surface area contributed by atoms with Crippen molar-refractivity contribution in [3.8, 4) is 0 Å². The normalized spacial score (nSPS) is 18.2. The molecule has 0 aliphatic carbocycles. The van der Waals surface area contributed by atoms with E-state index in [0.29, 0.717) is 13.0 Å². The number of carbonyl (C=O) groups is 2. The summed E-state index contributed by atoms with van der Waals surface area (Å²) < 4.78 is 5.16. The smallest absolute Gasteiger partial charge is 0.328 e. The number of esters is 1. The van der Waals surface area contributed by atoms with E-state index in [4.69, 9.17) is 4.74 Å². The van der Waals surface area contributed by atoms with Gasteiger partial charge in [0.15, 0.2) is 0 Å². The largest absolute Gasteiger partial charge is 0.467 e. The second-order valence-corrected chi connectivity index (χ2v) is 8.90. The maximum absolute atomic E-state index is 14.0. The van der Waals surface area contributed by atoms with Crippen molar-refractivity contribution in [2.75, 3.05) is 20.7 Å². The van der Waals surface area contributed by atoms with Crippen LogP contribution in [0, 0.1) is 0 Å². The highest BCUT2D eigenvalue weighted by Gasteiger charge is 2.41. The monoisotopic (exact) mass is 456 g/mol. The number of methoxy groups -OCH3 is 1. The van der Waals surface area contributed by atoms with Crippen LogP contribution in [0.25, 0.3) is 0 Å². The van der Waals surface area contributed by atoms with Gasteiger partial charge in [-0.1, -0.05) is 91.0 Å². The lowest BCUT2D eigenvalue weighted by Gasteiger charge is -2.42. The van der Waals surface area contributed by atoms with Gasteiger partial charge < -0.3 is 9.64 Å². The molecule has 0 aromatic heterocycles. The van der Waals surface area contributed by atoms with E-state index in [0.717, 1.165) is 24.1 Å². The van der Waals surface area contributed by atoms with Crippen LogP contribution in [0.2, 0.25) is 0 Å². The van der Waals surface area contributed by atoms with Crippen molar-refractivity contribution in [1.82, 2.24) is 9.80 Å². The predicted octanol–water partition coefficient (Wildman–Crippen LogP) is 4.48. The van der Waals surface area contributed by atoms with Gasteiger partial charge in [0.2, 0.25) is 5.91 Å². The second-order valence-electron chi connectivity index (χ2n) is 8.90. The van der Waals surface area contributed by atoms with Gasteiger partial charge in [0.25, 0.3) is 0 Å². The van der Waals surface area contributed by atoms with Crippen LogP contribution in [0.5, 0.6) is 0 Å². The maximum Gasteiger partial charge on any atom is 0.328 e. The predicted molar refractivity (Wildman–Crippen MR) is 133 cm³/mol. The molecule has 1 heterocycles. The zero-order chi connectivity index (χ0) is 23.9. The number of hydrogen-bond donors (Lipinski definition) is 0. The third kappa shape index (κ3) is 5.37. The van der Waals surface area contributed by atoms with E-state index in [2.05, 4.69) is 24.1 Å². The molecular weight excluding hydrogens is 424 g/mol. The fourth-order valence-electron chi connectivity index (χ4n) is 4.91. The van der Waals surface area contributed by atoms with Crippen LogP contribution >= 0.6 is 0 Å². The molecule has 1 aliphatic heterocycles. The van der Waals surface area contributed by atoms with Gasteiger partial charge >= 0.3 is 5.97 Å². The summed E-state index contributed by atoms with van der Waals surface area (Å²) >= 11 is 0. The van der Waals surface area contributed by atoms with Crippen molar-refractivity contribution in [3.05, 3.63) is 108 Å². The molecule has 0 radical (unpaired) electrons. The molecule has 1 aliphatic rings. The summed E-state index contributed by atoms with van der Waals surface area (Å²) in [6.07, 6.45) is 1.36. The number of nitrogens with zero attached hydrogens (tertiary/aromatic N) is 2. The SMILES string of the molecule is COC(=O)[C@@H]1C[C@H](N(C)Cc2ccccc2)CCN1C(=O)C(c1ccccc1)c1ccccc1. The van der Waals surface area contributed by atoms with Crippen molar-refractivity contribution in [1.29, 1.82) is 0 Å². The standard InChI is InChI=1S/C29H32N2O3/c1-30(21-22-12-6-3-7-13-22)25-18-19-31(26(20-25)29(33)34-2)28(32)27(23-14-8-4-9-15-23)24-16-10-5-11-17-24/h3-17,25-27H,18-21H2,1-2H3/t25-,26+/m1/s1. The molecule has 4 rings (SSSR count). The highest BCUT2D eigenvalue weighted by molar-refractivity contribution is 5.91. The Hall–Kier alpha value is -3.44. The van der Waals surface area contributed by atoms with E-state index in [1.54, 1.807) is 4.90 Å².